The summed E-state index contributed by atoms with van der Waals surface area (Å²) in [4.78, 5) is 16.4. The number of aromatic nitrogens is 3. The fourth-order valence-corrected chi connectivity index (χ4v) is 2.73. The molecule has 3 aromatic rings. The molecule has 0 unspecified atom stereocenters. The van der Waals surface area contributed by atoms with E-state index in [2.05, 4.69) is 15.4 Å². The van der Waals surface area contributed by atoms with Gasteiger partial charge < -0.3 is 15.2 Å². The van der Waals surface area contributed by atoms with Gasteiger partial charge in [-0.1, -0.05) is 29.8 Å². The lowest BCUT2D eigenvalue weighted by molar-refractivity contribution is 0.101. The van der Waals surface area contributed by atoms with Gasteiger partial charge in [0.15, 0.2) is 0 Å². The van der Waals surface area contributed by atoms with E-state index in [0.717, 1.165) is 28.1 Å². The Labute approximate surface area is 157 Å². The van der Waals surface area contributed by atoms with Crippen LogP contribution in [-0.2, 0) is 6.54 Å². The number of nitrogens with one attached hydrogen (secondary N) is 1. The van der Waals surface area contributed by atoms with Crippen LogP contribution < -0.4 is 10.1 Å². The van der Waals surface area contributed by atoms with E-state index in [1.54, 1.807) is 31.4 Å². The van der Waals surface area contributed by atoms with Gasteiger partial charge in [0.2, 0.25) is 5.82 Å². The van der Waals surface area contributed by atoms with Gasteiger partial charge in [0.1, 0.15) is 12.1 Å². The summed E-state index contributed by atoms with van der Waals surface area (Å²) in [6, 6.07) is 12.9. The highest BCUT2D eigenvalue weighted by molar-refractivity contribution is 6.01. The first kappa shape index (κ1) is 18.6. The van der Waals surface area contributed by atoms with Crippen molar-refractivity contribution in [1.82, 2.24) is 14.8 Å². The number of carbonyl (C=O) groups excluding carboxylic acids is 1. The number of rotatable bonds is 6. The number of anilines is 1. The number of aliphatic hydroxyl groups excluding tert-OH is 1. The normalized spacial score (nSPS) is 11.9. The van der Waals surface area contributed by atoms with E-state index < -0.39 is 6.10 Å². The monoisotopic (exact) mass is 366 g/mol. The van der Waals surface area contributed by atoms with Gasteiger partial charge in [-0.25, -0.2) is 9.67 Å². The fraction of sp³-hybridized carbons (Fsp3) is 0.250. The highest BCUT2D eigenvalue weighted by Crippen LogP contribution is 2.19. The van der Waals surface area contributed by atoms with Crippen molar-refractivity contribution in [1.29, 1.82) is 0 Å². The van der Waals surface area contributed by atoms with Crippen molar-refractivity contribution in [3.05, 3.63) is 71.3 Å². The molecule has 0 aliphatic carbocycles. The van der Waals surface area contributed by atoms with Crippen molar-refractivity contribution in [3.63, 3.8) is 0 Å². The highest BCUT2D eigenvalue weighted by Gasteiger charge is 2.15. The Bertz CT molecular complexity index is 935. The van der Waals surface area contributed by atoms with Crippen LogP contribution in [-0.4, -0.2) is 32.9 Å². The predicted molar refractivity (Wildman–Crippen MR) is 102 cm³/mol. The summed E-state index contributed by atoms with van der Waals surface area (Å²) in [5.41, 5.74) is 3.55. The minimum atomic E-state index is -0.770. The van der Waals surface area contributed by atoms with Crippen molar-refractivity contribution in [2.45, 2.75) is 26.5 Å². The molecule has 0 bridgehead atoms. The molecule has 0 aliphatic heterocycles. The maximum absolute atomic E-state index is 12.4. The van der Waals surface area contributed by atoms with Gasteiger partial charge in [-0.2, -0.15) is 0 Å². The average molecular weight is 366 g/mol. The summed E-state index contributed by atoms with van der Waals surface area (Å²) in [6.45, 7) is 4.12. The van der Waals surface area contributed by atoms with E-state index in [4.69, 9.17) is 4.74 Å². The van der Waals surface area contributed by atoms with Crippen LogP contribution in [0.5, 0.6) is 5.75 Å². The number of amides is 1. The molecule has 1 atom stereocenters. The topological polar surface area (TPSA) is 89.3 Å². The van der Waals surface area contributed by atoms with E-state index in [9.17, 15) is 9.90 Å². The minimum absolute atomic E-state index is 0.0527. The van der Waals surface area contributed by atoms with E-state index >= 15 is 0 Å². The molecule has 2 N–H and O–H groups in total. The fourth-order valence-electron chi connectivity index (χ4n) is 2.73. The molecule has 1 amide bonds. The molecule has 3 rings (SSSR count). The summed E-state index contributed by atoms with van der Waals surface area (Å²) in [5, 5.41) is 17.3. The molecule has 2 aromatic carbocycles. The molecular weight excluding hydrogens is 344 g/mol. The Morgan fingerprint density at radius 2 is 1.96 bits per heavy atom. The molecule has 1 aromatic heterocycles. The van der Waals surface area contributed by atoms with Gasteiger partial charge in [0.05, 0.1) is 19.8 Å². The molecule has 0 aliphatic rings. The maximum Gasteiger partial charge on any atom is 0.295 e. The standard InChI is InChI=1S/C20H22N4O3/c1-13-4-9-17(14(2)10-13)22-20(26)19-21-12-24(23-19)11-18(25)15-5-7-16(27-3)8-6-15/h4-10,12,18,25H,11H2,1-3H3,(H,22,26)/t18-/m1/s1. The SMILES string of the molecule is COc1ccc([C@H](O)Cn2cnc(C(=O)Nc3ccc(C)cc3C)n2)cc1. The first-order chi connectivity index (χ1) is 13.0. The molecule has 27 heavy (non-hydrogen) atoms. The van der Waals surface area contributed by atoms with E-state index in [1.807, 2.05) is 32.0 Å². The smallest absolute Gasteiger partial charge is 0.295 e. The second-order valence-corrected chi connectivity index (χ2v) is 6.35. The molecular formula is C20H22N4O3. The quantitative estimate of drug-likeness (QED) is 0.700. The Kier molecular flexibility index (Phi) is 5.52. The van der Waals surface area contributed by atoms with Gasteiger partial charge >= 0.3 is 0 Å². The number of carbonyl (C=O) groups is 1. The number of hydrogen-bond donors (Lipinski definition) is 2. The number of nitrogens with zero attached hydrogens (tertiary/aromatic N) is 3. The lowest BCUT2D eigenvalue weighted by atomic mass is 10.1. The second-order valence-electron chi connectivity index (χ2n) is 6.35. The van der Waals surface area contributed by atoms with Crippen molar-refractivity contribution >= 4 is 11.6 Å². The third-order valence-electron chi connectivity index (χ3n) is 4.23. The molecule has 7 heteroatoms. The lowest BCUT2D eigenvalue weighted by Crippen LogP contribution is -2.16. The molecule has 0 spiro atoms. The minimum Gasteiger partial charge on any atom is -0.497 e. The second kappa shape index (κ2) is 8.01. The molecule has 140 valence electrons. The van der Waals surface area contributed by atoms with Crippen LogP contribution in [0.1, 0.15) is 33.4 Å². The van der Waals surface area contributed by atoms with Crippen LogP contribution in [0.15, 0.2) is 48.8 Å². The summed E-state index contributed by atoms with van der Waals surface area (Å²) in [6.07, 6.45) is 0.664. The first-order valence-electron chi connectivity index (χ1n) is 8.56. The average Bonchev–Trinajstić information content (AvgIpc) is 3.12. The third kappa shape index (κ3) is 4.51. The number of aryl methyl sites for hydroxylation is 2. The number of aliphatic hydroxyl groups is 1. The Hall–Kier alpha value is -3.19. The number of ether oxygens (including phenoxy) is 1. The number of hydrogen-bond acceptors (Lipinski definition) is 5. The van der Waals surface area contributed by atoms with Gasteiger partial charge in [-0.05, 0) is 43.2 Å². The van der Waals surface area contributed by atoms with Crippen LogP contribution in [0, 0.1) is 13.8 Å². The molecule has 1 heterocycles. The van der Waals surface area contributed by atoms with Crippen molar-refractivity contribution in [3.8, 4) is 5.75 Å². The molecule has 0 saturated heterocycles. The van der Waals surface area contributed by atoms with Crippen molar-refractivity contribution in [2.24, 2.45) is 0 Å². The van der Waals surface area contributed by atoms with E-state index in [1.165, 1.54) is 11.0 Å². The zero-order valence-electron chi connectivity index (χ0n) is 15.5. The van der Waals surface area contributed by atoms with Gasteiger partial charge in [-0.3, -0.25) is 4.79 Å². The molecule has 0 saturated carbocycles. The van der Waals surface area contributed by atoms with Crippen LogP contribution in [0.25, 0.3) is 0 Å². The molecule has 0 radical (unpaired) electrons. The zero-order valence-corrected chi connectivity index (χ0v) is 15.5. The summed E-state index contributed by atoms with van der Waals surface area (Å²) >= 11 is 0. The first-order valence-corrected chi connectivity index (χ1v) is 8.56. The van der Waals surface area contributed by atoms with Crippen LogP contribution in [0.3, 0.4) is 0 Å². The van der Waals surface area contributed by atoms with Gasteiger partial charge in [0, 0.05) is 5.69 Å². The summed E-state index contributed by atoms with van der Waals surface area (Å²) in [7, 11) is 1.59. The van der Waals surface area contributed by atoms with Crippen LogP contribution in [0.4, 0.5) is 5.69 Å². The lowest BCUT2D eigenvalue weighted by Gasteiger charge is -2.11. The van der Waals surface area contributed by atoms with E-state index in [-0.39, 0.29) is 18.3 Å². The van der Waals surface area contributed by atoms with Crippen molar-refractivity contribution in [2.75, 3.05) is 12.4 Å². The molecule has 7 nitrogen and oxygen atoms in total. The van der Waals surface area contributed by atoms with Crippen molar-refractivity contribution < 1.29 is 14.6 Å². The summed E-state index contributed by atoms with van der Waals surface area (Å²) in [5.74, 6) is 0.383. The third-order valence-corrected chi connectivity index (χ3v) is 4.23. The number of methoxy groups -OCH3 is 1. The predicted octanol–water partition coefficient (Wildman–Crippen LogP) is 2.89. The maximum atomic E-state index is 12.4. The Morgan fingerprint density at radius 1 is 1.22 bits per heavy atom. The Balaban J connectivity index is 1.65. The van der Waals surface area contributed by atoms with E-state index in [0.29, 0.717) is 0 Å². The summed E-state index contributed by atoms with van der Waals surface area (Å²) < 4.78 is 6.56. The van der Waals surface area contributed by atoms with Gasteiger partial charge in [0.25, 0.3) is 5.91 Å². The Morgan fingerprint density at radius 3 is 2.63 bits per heavy atom. The number of benzene rings is 2. The molecule has 0 fully saturated rings. The van der Waals surface area contributed by atoms with Crippen LogP contribution in [0.2, 0.25) is 0 Å². The van der Waals surface area contributed by atoms with Crippen LogP contribution >= 0.6 is 0 Å². The zero-order chi connectivity index (χ0) is 19.4. The van der Waals surface area contributed by atoms with Gasteiger partial charge in [-0.15, -0.1) is 5.10 Å². The highest BCUT2D eigenvalue weighted by atomic mass is 16.5. The largest absolute Gasteiger partial charge is 0.497 e.